The molecule has 3 rings (SSSR count). The third-order valence-electron chi connectivity index (χ3n) is 4.00. The van der Waals surface area contributed by atoms with E-state index in [-0.39, 0.29) is 37.0 Å². The van der Waals surface area contributed by atoms with E-state index in [1.165, 1.54) is 21.7 Å². The normalized spacial score (nSPS) is 17.5. The summed E-state index contributed by atoms with van der Waals surface area (Å²) in [5, 5.41) is 16.8. The van der Waals surface area contributed by atoms with E-state index < -0.39 is 12.1 Å². The Morgan fingerprint density at radius 3 is 2.76 bits per heavy atom. The first-order chi connectivity index (χ1) is 12.0. The Hall–Kier alpha value is -2.81. The molecule has 2 heterocycles. The highest BCUT2D eigenvalue weighted by Crippen LogP contribution is 2.17. The second-order valence-electron chi connectivity index (χ2n) is 5.75. The molecule has 132 valence electrons. The Morgan fingerprint density at radius 1 is 1.36 bits per heavy atom. The van der Waals surface area contributed by atoms with Gasteiger partial charge in [0.2, 0.25) is 0 Å². The van der Waals surface area contributed by atoms with Crippen LogP contribution < -0.4 is 0 Å². The van der Waals surface area contributed by atoms with Crippen molar-refractivity contribution in [1.29, 1.82) is 0 Å². The monoisotopic (exact) mass is 348 g/mol. The van der Waals surface area contributed by atoms with Crippen LogP contribution in [0.3, 0.4) is 0 Å². The van der Waals surface area contributed by atoms with E-state index in [9.17, 15) is 14.0 Å². The number of carbonyl (C=O) groups excluding carboxylic acids is 1. The SMILES string of the molecule is Cc1c(C(=O)N2CCOC(CC(=O)O)C2)nnn1-c1ccc(F)cc1. The maximum Gasteiger partial charge on any atom is 0.306 e. The van der Waals surface area contributed by atoms with Gasteiger partial charge in [-0.05, 0) is 31.2 Å². The number of carbonyl (C=O) groups is 2. The topological polar surface area (TPSA) is 97.6 Å². The van der Waals surface area contributed by atoms with Crippen LogP contribution in [0.1, 0.15) is 22.6 Å². The number of benzene rings is 1. The van der Waals surface area contributed by atoms with Gasteiger partial charge in [0, 0.05) is 13.1 Å². The largest absolute Gasteiger partial charge is 0.481 e. The lowest BCUT2D eigenvalue weighted by Gasteiger charge is -2.31. The van der Waals surface area contributed by atoms with E-state index in [4.69, 9.17) is 9.84 Å². The lowest BCUT2D eigenvalue weighted by atomic mass is 10.2. The molecule has 8 nitrogen and oxygen atoms in total. The lowest BCUT2D eigenvalue weighted by molar-refractivity contribution is -0.141. The number of carboxylic acids is 1. The first-order valence-electron chi connectivity index (χ1n) is 7.76. The van der Waals surface area contributed by atoms with Crippen molar-refractivity contribution in [2.24, 2.45) is 0 Å². The highest BCUT2D eigenvalue weighted by molar-refractivity contribution is 5.93. The zero-order valence-corrected chi connectivity index (χ0v) is 13.6. The van der Waals surface area contributed by atoms with E-state index in [1.54, 1.807) is 19.1 Å². The Labute approximate surface area is 142 Å². The van der Waals surface area contributed by atoms with Crippen LogP contribution in [-0.4, -0.2) is 62.7 Å². The summed E-state index contributed by atoms with van der Waals surface area (Å²) in [5.74, 6) is -1.67. The lowest BCUT2D eigenvalue weighted by Crippen LogP contribution is -2.46. The standard InChI is InChI=1S/C16H17FN4O4/c1-10-15(18-19-21(10)12-4-2-11(17)3-5-12)16(24)20-6-7-25-13(9-20)8-14(22)23/h2-5,13H,6-9H2,1H3,(H,22,23). The molecule has 2 aromatic rings. The van der Waals surface area contributed by atoms with Crippen molar-refractivity contribution in [1.82, 2.24) is 19.9 Å². The maximum atomic E-state index is 13.0. The summed E-state index contributed by atoms with van der Waals surface area (Å²) >= 11 is 0. The van der Waals surface area contributed by atoms with Gasteiger partial charge in [-0.3, -0.25) is 9.59 Å². The second kappa shape index (κ2) is 6.98. The van der Waals surface area contributed by atoms with E-state index in [0.29, 0.717) is 17.9 Å². The van der Waals surface area contributed by atoms with Crippen LogP contribution in [0.4, 0.5) is 4.39 Å². The zero-order chi connectivity index (χ0) is 18.0. The summed E-state index contributed by atoms with van der Waals surface area (Å²) in [6.07, 6.45) is -0.701. The van der Waals surface area contributed by atoms with Gasteiger partial charge in [0.1, 0.15) is 5.82 Å². The summed E-state index contributed by atoms with van der Waals surface area (Å²) in [6, 6.07) is 5.69. The molecule has 25 heavy (non-hydrogen) atoms. The van der Waals surface area contributed by atoms with E-state index in [1.807, 2.05) is 0 Å². The molecule has 0 bridgehead atoms. The van der Waals surface area contributed by atoms with Crippen LogP contribution in [0, 0.1) is 12.7 Å². The molecule has 0 radical (unpaired) electrons. The molecular weight excluding hydrogens is 331 g/mol. The predicted molar refractivity (Wildman–Crippen MR) is 84.0 cm³/mol. The molecular formula is C16H17FN4O4. The van der Waals surface area contributed by atoms with Crippen LogP contribution in [0.15, 0.2) is 24.3 Å². The summed E-state index contributed by atoms with van der Waals surface area (Å²) < 4.78 is 19.9. The number of rotatable bonds is 4. The fourth-order valence-electron chi connectivity index (χ4n) is 2.73. The number of hydrogen-bond acceptors (Lipinski definition) is 5. The van der Waals surface area contributed by atoms with Gasteiger partial charge < -0.3 is 14.7 Å². The summed E-state index contributed by atoms with van der Waals surface area (Å²) in [5.41, 5.74) is 1.30. The average Bonchev–Trinajstić information content (AvgIpc) is 2.96. The molecule has 1 N–H and O–H groups in total. The number of nitrogens with zero attached hydrogens (tertiary/aromatic N) is 4. The van der Waals surface area contributed by atoms with Crippen molar-refractivity contribution >= 4 is 11.9 Å². The van der Waals surface area contributed by atoms with Crippen molar-refractivity contribution < 1.29 is 23.8 Å². The number of amides is 1. The number of ether oxygens (including phenoxy) is 1. The smallest absolute Gasteiger partial charge is 0.306 e. The van der Waals surface area contributed by atoms with Crippen LogP contribution in [-0.2, 0) is 9.53 Å². The Balaban J connectivity index is 1.79. The maximum absolute atomic E-state index is 13.0. The quantitative estimate of drug-likeness (QED) is 0.886. The van der Waals surface area contributed by atoms with Crippen molar-refractivity contribution in [3.8, 4) is 5.69 Å². The predicted octanol–water partition coefficient (Wildman–Crippen LogP) is 1.03. The summed E-state index contributed by atoms with van der Waals surface area (Å²) in [7, 11) is 0. The van der Waals surface area contributed by atoms with Gasteiger partial charge in [0.05, 0.1) is 30.5 Å². The zero-order valence-electron chi connectivity index (χ0n) is 13.6. The molecule has 1 amide bonds. The summed E-state index contributed by atoms with van der Waals surface area (Å²) in [4.78, 5) is 25.0. The second-order valence-corrected chi connectivity index (χ2v) is 5.75. The van der Waals surface area contributed by atoms with E-state index in [0.717, 1.165) is 0 Å². The van der Waals surface area contributed by atoms with Gasteiger partial charge in [-0.25, -0.2) is 9.07 Å². The van der Waals surface area contributed by atoms with Gasteiger partial charge in [0.25, 0.3) is 5.91 Å². The van der Waals surface area contributed by atoms with E-state index >= 15 is 0 Å². The van der Waals surface area contributed by atoms with Gasteiger partial charge in [0.15, 0.2) is 5.69 Å². The summed E-state index contributed by atoms with van der Waals surface area (Å²) in [6.45, 7) is 2.52. The number of aromatic nitrogens is 3. The van der Waals surface area contributed by atoms with Crippen molar-refractivity contribution in [2.45, 2.75) is 19.4 Å². The first-order valence-corrected chi connectivity index (χ1v) is 7.76. The minimum absolute atomic E-state index is 0.162. The number of hydrogen-bond donors (Lipinski definition) is 1. The van der Waals surface area contributed by atoms with Gasteiger partial charge >= 0.3 is 5.97 Å². The molecule has 0 spiro atoms. The molecule has 1 aliphatic rings. The van der Waals surface area contributed by atoms with Crippen molar-refractivity contribution in [2.75, 3.05) is 19.7 Å². The molecule has 1 aromatic heterocycles. The Kier molecular flexibility index (Phi) is 4.75. The van der Waals surface area contributed by atoms with Crippen LogP contribution in [0.5, 0.6) is 0 Å². The minimum atomic E-state index is -0.974. The average molecular weight is 348 g/mol. The van der Waals surface area contributed by atoms with Gasteiger partial charge in [-0.2, -0.15) is 0 Å². The van der Waals surface area contributed by atoms with Crippen LogP contribution in [0.25, 0.3) is 5.69 Å². The number of carboxylic acid groups (broad SMARTS) is 1. The molecule has 1 aliphatic heterocycles. The van der Waals surface area contributed by atoms with Gasteiger partial charge in [-0.1, -0.05) is 5.21 Å². The van der Waals surface area contributed by atoms with Gasteiger partial charge in [-0.15, -0.1) is 5.10 Å². The third-order valence-corrected chi connectivity index (χ3v) is 4.00. The molecule has 9 heteroatoms. The van der Waals surface area contributed by atoms with Crippen molar-refractivity contribution in [3.05, 3.63) is 41.5 Å². The fraction of sp³-hybridized carbons (Fsp3) is 0.375. The molecule has 1 fully saturated rings. The molecule has 1 saturated heterocycles. The van der Waals surface area contributed by atoms with E-state index in [2.05, 4.69) is 10.3 Å². The number of halogens is 1. The van der Waals surface area contributed by atoms with Crippen LogP contribution in [0.2, 0.25) is 0 Å². The fourth-order valence-corrected chi connectivity index (χ4v) is 2.73. The third kappa shape index (κ3) is 3.66. The number of aliphatic carboxylic acids is 1. The first kappa shape index (κ1) is 17.0. The molecule has 1 atom stereocenters. The van der Waals surface area contributed by atoms with Crippen LogP contribution >= 0.6 is 0 Å². The highest BCUT2D eigenvalue weighted by atomic mass is 19.1. The molecule has 1 unspecified atom stereocenters. The highest BCUT2D eigenvalue weighted by Gasteiger charge is 2.29. The number of morpholine rings is 1. The molecule has 1 aromatic carbocycles. The molecule has 0 saturated carbocycles. The Bertz CT molecular complexity index is 790. The van der Waals surface area contributed by atoms with Crippen molar-refractivity contribution in [3.63, 3.8) is 0 Å². The Morgan fingerprint density at radius 2 is 2.08 bits per heavy atom. The minimum Gasteiger partial charge on any atom is -0.481 e. The molecule has 0 aliphatic carbocycles.